The Bertz CT molecular complexity index is 536. The second kappa shape index (κ2) is 14.5. The molecule has 0 bridgehead atoms. The molecule has 0 aromatic carbocycles. The molecule has 0 aromatic heterocycles. The van der Waals surface area contributed by atoms with E-state index in [2.05, 4.69) is 34.8 Å². The number of hydrogen-bond donors (Lipinski definition) is 5. The molecule has 0 heterocycles. The maximum absolute atomic E-state index is 12.1. The first kappa shape index (κ1) is 24.3. The molecule has 9 heteroatoms. The van der Waals surface area contributed by atoms with E-state index in [1.165, 1.54) is 12.2 Å². The van der Waals surface area contributed by atoms with Crippen LogP contribution in [0.2, 0.25) is 0 Å². The molecule has 0 spiro atoms. The van der Waals surface area contributed by atoms with Gasteiger partial charge >= 0.3 is 5.97 Å². The predicted molar refractivity (Wildman–Crippen MR) is 100 cm³/mol. The van der Waals surface area contributed by atoms with E-state index in [4.69, 9.17) is 0 Å². The van der Waals surface area contributed by atoms with E-state index in [-0.39, 0.29) is 18.2 Å². The number of carbonyl (C=O) groups excluding carboxylic acids is 3. The van der Waals surface area contributed by atoms with Crippen LogP contribution in [0, 0.1) is 0 Å². The van der Waals surface area contributed by atoms with E-state index in [1.807, 2.05) is 0 Å². The van der Waals surface area contributed by atoms with E-state index < -0.39 is 24.0 Å². The summed E-state index contributed by atoms with van der Waals surface area (Å²) < 4.78 is 0. The van der Waals surface area contributed by atoms with Crippen molar-refractivity contribution in [2.24, 2.45) is 0 Å². The van der Waals surface area contributed by atoms with Gasteiger partial charge in [-0.1, -0.05) is 13.2 Å². The monoisotopic (exact) mass is 383 g/mol. The molecular weight excluding hydrogens is 352 g/mol. The minimum atomic E-state index is -1.10. The lowest BCUT2D eigenvalue weighted by Gasteiger charge is -2.16. The van der Waals surface area contributed by atoms with Crippen LogP contribution in [0.3, 0.4) is 0 Å². The van der Waals surface area contributed by atoms with Gasteiger partial charge < -0.3 is 26.8 Å². The van der Waals surface area contributed by atoms with Crippen molar-refractivity contribution in [2.75, 3.05) is 13.1 Å². The molecule has 0 unspecified atom stereocenters. The van der Waals surface area contributed by atoms with Gasteiger partial charge in [0.15, 0.2) is 6.04 Å². The van der Waals surface area contributed by atoms with Crippen molar-refractivity contribution in [1.82, 2.24) is 16.0 Å². The molecule has 0 aliphatic heterocycles. The highest BCUT2D eigenvalue weighted by Crippen LogP contribution is 2.03. The molecule has 0 rings (SSSR count). The first-order valence-electron chi connectivity index (χ1n) is 8.98. The summed E-state index contributed by atoms with van der Waals surface area (Å²) in [4.78, 5) is 45.4. The fraction of sp³-hybridized carbons (Fsp3) is 0.556. The summed E-state index contributed by atoms with van der Waals surface area (Å²) >= 11 is 0. The van der Waals surface area contributed by atoms with Crippen LogP contribution in [-0.2, 0) is 19.2 Å². The van der Waals surface area contributed by atoms with Crippen LogP contribution in [0.1, 0.15) is 38.5 Å². The summed E-state index contributed by atoms with van der Waals surface area (Å²) in [5, 5.41) is 17.0. The lowest BCUT2D eigenvalue weighted by atomic mass is 10.1. The maximum atomic E-state index is 12.1. The van der Waals surface area contributed by atoms with Crippen LogP contribution >= 0.6 is 0 Å². The van der Waals surface area contributed by atoms with Gasteiger partial charge in [0.1, 0.15) is 6.04 Å². The van der Waals surface area contributed by atoms with Crippen molar-refractivity contribution >= 4 is 23.7 Å². The third kappa shape index (κ3) is 12.3. The van der Waals surface area contributed by atoms with Crippen LogP contribution in [-0.4, -0.2) is 54.0 Å². The van der Waals surface area contributed by atoms with Gasteiger partial charge in [0.25, 0.3) is 5.91 Å². The van der Waals surface area contributed by atoms with Crippen molar-refractivity contribution in [3.63, 3.8) is 0 Å². The molecule has 27 heavy (non-hydrogen) atoms. The van der Waals surface area contributed by atoms with Crippen molar-refractivity contribution in [3.05, 3.63) is 25.3 Å². The number of carbonyl (C=O) groups is 4. The van der Waals surface area contributed by atoms with Gasteiger partial charge in [-0.2, -0.15) is 0 Å². The zero-order chi connectivity index (χ0) is 20.7. The molecule has 0 aliphatic carbocycles. The number of hydrogen-bond acceptors (Lipinski definition) is 4. The topological polar surface area (TPSA) is 152 Å². The highest BCUT2D eigenvalue weighted by Gasteiger charge is 2.24. The zero-order valence-electron chi connectivity index (χ0n) is 15.7. The van der Waals surface area contributed by atoms with Crippen LogP contribution in [0.25, 0.3) is 0 Å². The summed E-state index contributed by atoms with van der Waals surface area (Å²) in [6.07, 6.45) is 5.64. The van der Waals surface area contributed by atoms with E-state index in [1.54, 1.807) is 0 Å². The van der Waals surface area contributed by atoms with Gasteiger partial charge in [0, 0.05) is 19.5 Å². The predicted octanol–water partition coefficient (Wildman–Crippen LogP) is -0.889. The molecule has 2 atom stereocenters. The molecule has 0 fully saturated rings. The number of rotatable bonds is 15. The van der Waals surface area contributed by atoms with Crippen molar-refractivity contribution in [3.8, 4) is 0 Å². The summed E-state index contributed by atoms with van der Waals surface area (Å²) in [7, 11) is 0. The molecule has 0 aromatic rings. The number of nitrogens with one attached hydrogen (secondary N) is 3. The quantitative estimate of drug-likeness (QED) is 0.183. The second-order valence-electron chi connectivity index (χ2n) is 6.08. The van der Waals surface area contributed by atoms with Gasteiger partial charge in [0.2, 0.25) is 11.8 Å². The third-order valence-corrected chi connectivity index (χ3v) is 3.85. The third-order valence-electron chi connectivity index (χ3n) is 3.85. The zero-order valence-corrected chi connectivity index (χ0v) is 15.7. The Kier molecular flexibility index (Phi) is 13.0. The van der Waals surface area contributed by atoms with Gasteiger partial charge in [-0.3, -0.25) is 14.4 Å². The molecular formula is C18H31N4O5+. The summed E-state index contributed by atoms with van der Waals surface area (Å²) in [6, 6.07) is -1.54. The highest BCUT2D eigenvalue weighted by molar-refractivity contribution is 5.87. The molecule has 9 nitrogen and oxygen atoms in total. The largest absolute Gasteiger partial charge is 0.480 e. The Balaban J connectivity index is 4.09. The van der Waals surface area contributed by atoms with Crippen LogP contribution < -0.4 is 21.7 Å². The number of aliphatic carboxylic acids is 1. The van der Waals surface area contributed by atoms with E-state index >= 15 is 0 Å². The first-order valence-corrected chi connectivity index (χ1v) is 8.98. The molecule has 3 amide bonds. The number of amides is 3. The van der Waals surface area contributed by atoms with Crippen molar-refractivity contribution in [2.45, 2.75) is 50.6 Å². The molecule has 0 saturated carbocycles. The molecule has 0 aliphatic rings. The molecule has 0 radical (unpaired) electrons. The highest BCUT2D eigenvalue weighted by atomic mass is 16.4. The summed E-state index contributed by atoms with van der Waals surface area (Å²) in [5.41, 5.74) is 3.77. The van der Waals surface area contributed by atoms with Gasteiger partial charge in [-0.05, 0) is 44.3 Å². The standard InChI is InChI=1S/C18H30N4O5/c1-3-15(23)20-11-7-5-9-13(19)17(25)22-14(18(26)27)10-6-8-12-21-16(24)4-2/h3-4,13-14H,1-2,5-12,19H2,(H,20,23)(H,21,24)(H,22,25)(H,26,27)/p+1/t13-,14-/m0/s1. The van der Waals surface area contributed by atoms with Gasteiger partial charge in [0.05, 0.1) is 0 Å². The lowest BCUT2D eigenvalue weighted by molar-refractivity contribution is -0.405. The summed E-state index contributed by atoms with van der Waals surface area (Å²) in [6.45, 7) is 7.60. The first-order chi connectivity index (χ1) is 12.8. The number of carboxylic acid groups (broad SMARTS) is 1. The fourth-order valence-electron chi connectivity index (χ4n) is 2.23. The SMILES string of the molecule is C=CC(=O)NCCCC[C@H](NC(=O)[C@@H]([NH3+])CCCCNC(=O)C=C)C(=O)O. The Hall–Kier alpha value is -2.68. The molecule has 0 saturated heterocycles. The van der Waals surface area contributed by atoms with E-state index in [9.17, 15) is 24.3 Å². The van der Waals surface area contributed by atoms with Gasteiger partial charge in [-0.25, -0.2) is 4.79 Å². The average molecular weight is 383 g/mol. The minimum Gasteiger partial charge on any atom is -0.480 e. The maximum Gasteiger partial charge on any atom is 0.326 e. The van der Waals surface area contributed by atoms with Crippen LogP contribution in [0.5, 0.6) is 0 Å². The van der Waals surface area contributed by atoms with Crippen molar-refractivity contribution < 1.29 is 30.0 Å². The Labute approximate surface area is 159 Å². The smallest absolute Gasteiger partial charge is 0.326 e. The minimum absolute atomic E-state index is 0.243. The van der Waals surface area contributed by atoms with Crippen LogP contribution in [0.15, 0.2) is 25.3 Å². The van der Waals surface area contributed by atoms with Crippen molar-refractivity contribution in [1.29, 1.82) is 0 Å². The second-order valence-corrected chi connectivity index (χ2v) is 6.08. The Morgan fingerprint density at radius 1 is 0.889 bits per heavy atom. The molecule has 7 N–H and O–H groups in total. The number of unbranched alkanes of at least 4 members (excludes halogenated alkanes) is 2. The fourth-order valence-corrected chi connectivity index (χ4v) is 2.23. The van der Waals surface area contributed by atoms with E-state index in [0.29, 0.717) is 45.2 Å². The normalized spacial score (nSPS) is 12.3. The van der Waals surface area contributed by atoms with Crippen LogP contribution in [0.4, 0.5) is 0 Å². The number of quaternary nitrogens is 1. The lowest BCUT2D eigenvalue weighted by Crippen LogP contribution is -2.68. The van der Waals surface area contributed by atoms with Gasteiger partial charge in [-0.15, -0.1) is 0 Å². The van der Waals surface area contributed by atoms with E-state index in [0.717, 1.165) is 0 Å². The Morgan fingerprint density at radius 2 is 1.37 bits per heavy atom. The Morgan fingerprint density at radius 3 is 1.81 bits per heavy atom. The number of carboxylic acids is 1. The summed E-state index contributed by atoms with van der Waals surface area (Å²) in [5.74, 6) is -2.02. The molecule has 152 valence electrons. The average Bonchev–Trinajstić information content (AvgIpc) is 2.65.